The molecule has 0 aromatic rings. The molecule has 0 aliphatic heterocycles. The van der Waals surface area contributed by atoms with Gasteiger partial charge in [0.25, 0.3) is 0 Å². The molecule has 0 bridgehead atoms. The second-order valence-electron chi connectivity index (χ2n) is 3.84. The maximum absolute atomic E-state index is 11.9. The number of nitrogens with one attached hydrogen (secondary N) is 1. The summed E-state index contributed by atoms with van der Waals surface area (Å²) in [7, 11) is 1.56. The molecule has 0 saturated heterocycles. The molecule has 0 spiro atoms. The summed E-state index contributed by atoms with van der Waals surface area (Å²) < 4.78 is 4.98. The van der Waals surface area contributed by atoms with Gasteiger partial charge in [-0.25, -0.2) is 9.59 Å². The molecule has 0 aromatic heterocycles. The largest absolute Gasteiger partial charge is 0.480 e. The monoisotopic (exact) mass is 246 g/mol. The SMILES string of the molecule is CCC(NC(=O)N(CC)C(C)COC)C(=O)O. The van der Waals surface area contributed by atoms with E-state index in [0.717, 1.165) is 0 Å². The van der Waals surface area contributed by atoms with Crippen LogP contribution in [0, 0.1) is 0 Å². The Labute approximate surface area is 102 Å². The number of likely N-dealkylation sites (N-methyl/N-ethyl adjacent to an activating group) is 1. The minimum atomic E-state index is -1.02. The van der Waals surface area contributed by atoms with E-state index in [-0.39, 0.29) is 12.1 Å². The summed E-state index contributed by atoms with van der Waals surface area (Å²) in [5.74, 6) is -1.02. The Kier molecular flexibility index (Phi) is 7.29. The van der Waals surface area contributed by atoms with E-state index >= 15 is 0 Å². The number of methoxy groups -OCH3 is 1. The Bertz CT molecular complexity index is 258. The molecule has 0 aliphatic rings. The van der Waals surface area contributed by atoms with Gasteiger partial charge in [-0.1, -0.05) is 6.92 Å². The molecule has 6 heteroatoms. The van der Waals surface area contributed by atoms with Crippen molar-refractivity contribution in [2.75, 3.05) is 20.3 Å². The van der Waals surface area contributed by atoms with E-state index in [1.165, 1.54) is 0 Å². The normalized spacial score (nSPS) is 13.9. The van der Waals surface area contributed by atoms with E-state index in [9.17, 15) is 9.59 Å². The first-order valence-corrected chi connectivity index (χ1v) is 5.76. The van der Waals surface area contributed by atoms with Gasteiger partial charge in [-0.05, 0) is 20.3 Å². The van der Waals surface area contributed by atoms with Crippen molar-refractivity contribution in [3.63, 3.8) is 0 Å². The van der Waals surface area contributed by atoms with E-state index in [4.69, 9.17) is 9.84 Å². The Morgan fingerprint density at radius 2 is 2.00 bits per heavy atom. The van der Waals surface area contributed by atoms with Gasteiger partial charge in [-0.2, -0.15) is 0 Å². The van der Waals surface area contributed by atoms with Crippen LogP contribution in [0.4, 0.5) is 4.79 Å². The Morgan fingerprint density at radius 3 is 2.35 bits per heavy atom. The number of hydrogen-bond acceptors (Lipinski definition) is 3. The second-order valence-corrected chi connectivity index (χ2v) is 3.84. The van der Waals surface area contributed by atoms with E-state index in [2.05, 4.69) is 5.32 Å². The molecule has 0 aromatic carbocycles. The van der Waals surface area contributed by atoms with Crippen molar-refractivity contribution >= 4 is 12.0 Å². The molecule has 100 valence electrons. The average molecular weight is 246 g/mol. The first-order valence-electron chi connectivity index (χ1n) is 5.76. The van der Waals surface area contributed by atoms with Gasteiger partial charge < -0.3 is 20.1 Å². The van der Waals surface area contributed by atoms with Gasteiger partial charge in [-0.15, -0.1) is 0 Å². The lowest BCUT2D eigenvalue weighted by atomic mass is 10.2. The summed E-state index contributed by atoms with van der Waals surface area (Å²) >= 11 is 0. The number of amides is 2. The number of carbonyl (C=O) groups excluding carboxylic acids is 1. The molecule has 0 rings (SSSR count). The van der Waals surface area contributed by atoms with Gasteiger partial charge >= 0.3 is 12.0 Å². The third-order valence-electron chi connectivity index (χ3n) is 2.55. The number of urea groups is 1. The van der Waals surface area contributed by atoms with Crippen LogP contribution in [0.15, 0.2) is 0 Å². The highest BCUT2D eigenvalue weighted by Crippen LogP contribution is 2.02. The minimum Gasteiger partial charge on any atom is -0.480 e. The number of carbonyl (C=O) groups is 2. The number of aliphatic carboxylic acids is 1. The molecular weight excluding hydrogens is 224 g/mol. The lowest BCUT2D eigenvalue weighted by Gasteiger charge is -2.28. The molecule has 17 heavy (non-hydrogen) atoms. The third kappa shape index (κ3) is 5.04. The van der Waals surface area contributed by atoms with Crippen molar-refractivity contribution < 1.29 is 19.4 Å². The molecular formula is C11H22N2O4. The number of carboxylic acids is 1. The zero-order valence-corrected chi connectivity index (χ0v) is 10.9. The molecule has 2 atom stereocenters. The highest BCUT2D eigenvalue weighted by molar-refractivity contribution is 5.82. The van der Waals surface area contributed by atoms with Gasteiger partial charge in [0.05, 0.1) is 12.6 Å². The van der Waals surface area contributed by atoms with Crippen LogP contribution >= 0.6 is 0 Å². The van der Waals surface area contributed by atoms with Crippen molar-refractivity contribution in [1.29, 1.82) is 0 Å². The van der Waals surface area contributed by atoms with Gasteiger partial charge in [0, 0.05) is 13.7 Å². The van der Waals surface area contributed by atoms with Crippen molar-refractivity contribution in [2.24, 2.45) is 0 Å². The van der Waals surface area contributed by atoms with Crippen LogP contribution in [-0.2, 0) is 9.53 Å². The summed E-state index contributed by atoms with van der Waals surface area (Å²) in [6.07, 6.45) is 0.358. The van der Waals surface area contributed by atoms with Crippen LogP contribution in [0.5, 0.6) is 0 Å². The molecule has 0 fully saturated rings. The second kappa shape index (κ2) is 7.89. The number of hydrogen-bond donors (Lipinski definition) is 2. The van der Waals surface area contributed by atoms with Crippen LogP contribution in [0.3, 0.4) is 0 Å². The first kappa shape index (κ1) is 15.7. The zero-order chi connectivity index (χ0) is 13.4. The van der Waals surface area contributed by atoms with Gasteiger partial charge in [0.15, 0.2) is 0 Å². The molecule has 0 aliphatic carbocycles. The molecule has 0 saturated carbocycles. The predicted molar refractivity (Wildman–Crippen MR) is 64.0 cm³/mol. The molecule has 2 N–H and O–H groups in total. The number of ether oxygens (including phenoxy) is 1. The van der Waals surface area contributed by atoms with E-state index in [1.807, 2.05) is 13.8 Å². The van der Waals surface area contributed by atoms with Crippen LogP contribution < -0.4 is 5.32 Å². The summed E-state index contributed by atoms with van der Waals surface area (Å²) in [5, 5.41) is 11.3. The maximum Gasteiger partial charge on any atom is 0.326 e. The lowest BCUT2D eigenvalue weighted by molar-refractivity contribution is -0.139. The molecule has 2 unspecified atom stereocenters. The van der Waals surface area contributed by atoms with Gasteiger partial charge in [-0.3, -0.25) is 0 Å². The van der Waals surface area contributed by atoms with E-state index < -0.39 is 12.0 Å². The minimum absolute atomic E-state index is 0.0868. The topological polar surface area (TPSA) is 78.9 Å². The molecule has 0 radical (unpaired) electrons. The summed E-state index contributed by atoms with van der Waals surface area (Å²) in [6, 6.07) is -1.30. The van der Waals surface area contributed by atoms with E-state index in [1.54, 1.807) is 18.9 Å². The van der Waals surface area contributed by atoms with Crippen molar-refractivity contribution in [3.8, 4) is 0 Å². The highest BCUT2D eigenvalue weighted by Gasteiger charge is 2.23. The third-order valence-corrected chi connectivity index (χ3v) is 2.55. The van der Waals surface area contributed by atoms with Crippen LogP contribution in [0.1, 0.15) is 27.2 Å². The fourth-order valence-corrected chi connectivity index (χ4v) is 1.56. The van der Waals surface area contributed by atoms with Crippen LogP contribution in [0.2, 0.25) is 0 Å². The summed E-state index contributed by atoms with van der Waals surface area (Å²) in [6.45, 7) is 6.34. The van der Waals surface area contributed by atoms with E-state index in [0.29, 0.717) is 19.6 Å². The molecule has 2 amide bonds. The van der Waals surface area contributed by atoms with Crippen LogP contribution in [0.25, 0.3) is 0 Å². The molecule has 6 nitrogen and oxygen atoms in total. The highest BCUT2D eigenvalue weighted by atomic mass is 16.5. The van der Waals surface area contributed by atoms with Crippen molar-refractivity contribution in [2.45, 2.75) is 39.3 Å². The Morgan fingerprint density at radius 1 is 1.41 bits per heavy atom. The summed E-state index contributed by atoms with van der Waals surface area (Å²) in [4.78, 5) is 24.2. The first-order chi connectivity index (χ1) is 7.97. The number of carboxylic acid groups (broad SMARTS) is 1. The van der Waals surface area contributed by atoms with Crippen LogP contribution in [-0.4, -0.2) is 54.4 Å². The summed E-state index contributed by atoms with van der Waals surface area (Å²) in [5.41, 5.74) is 0. The zero-order valence-electron chi connectivity index (χ0n) is 10.9. The number of rotatable bonds is 7. The Balaban J connectivity index is 4.48. The van der Waals surface area contributed by atoms with Crippen molar-refractivity contribution in [1.82, 2.24) is 10.2 Å². The smallest absolute Gasteiger partial charge is 0.326 e. The van der Waals surface area contributed by atoms with Gasteiger partial charge in [0.1, 0.15) is 6.04 Å². The fourth-order valence-electron chi connectivity index (χ4n) is 1.56. The lowest BCUT2D eigenvalue weighted by Crippen LogP contribution is -2.51. The average Bonchev–Trinajstić information content (AvgIpc) is 2.26. The predicted octanol–water partition coefficient (Wildman–Crippen LogP) is 0.916. The van der Waals surface area contributed by atoms with Crippen molar-refractivity contribution in [3.05, 3.63) is 0 Å². The van der Waals surface area contributed by atoms with Gasteiger partial charge in [0.2, 0.25) is 0 Å². The fraction of sp³-hybridized carbons (Fsp3) is 0.818. The molecule has 0 heterocycles. The number of nitrogens with zero attached hydrogens (tertiary/aromatic N) is 1. The Hall–Kier alpha value is -1.30. The standard InChI is InChI=1S/C11H22N2O4/c1-5-9(10(14)15)12-11(16)13(6-2)8(3)7-17-4/h8-9H,5-7H2,1-4H3,(H,12,16)(H,14,15). The maximum atomic E-state index is 11.9. The quantitative estimate of drug-likeness (QED) is 0.700.